The van der Waals surface area contributed by atoms with Crippen molar-refractivity contribution in [1.82, 2.24) is 20.2 Å². The van der Waals surface area contributed by atoms with Gasteiger partial charge in [-0.25, -0.2) is 4.63 Å². The Morgan fingerprint density at radius 2 is 2.12 bits per heavy atom. The average molecular weight is 351 g/mol. The molecule has 0 saturated heterocycles. The SMILES string of the molecule is CN1CCc2c([nH]c3c(NSc4cccc5nonc45)cccc23)C1. The highest BCUT2D eigenvalue weighted by Crippen LogP contribution is 2.34. The van der Waals surface area contributed by atoms with E-state index in [2.05, 4.69) is 50.2 Å². The number of hydrogen-bond acceptors (Lipinski definition) is 6. The number of H-pyrrole nitrogens is 1. The first-order valence-corrected chi connectivity index (χ1v) is 9.06. The molecule has 1 aliphatic rings. The van der Waals surface area contributed by atoms with Gasteiger partial charge in [0, 0.05) is 24.2 Å². The molecule has 0 radical (unpaired) electrons. The van der Waals surface area contributed by atoms with E-state index >= 15 is 0 Å². The Balaban J connectivity index is 1.50. The number of hydrogen-bond donors (Lipinski definition) is 2. The van der Waals surface area contributed by atoms with Gasteiger partial charge in [-0.05, 0) is 59.5 Å². The minimum atomic E-state index is 0.767. The number of likely N-dealkylation sites (N-methyl/N-ethyl adjacent to an activating group) is 1. The standard InChI is InChI=1S/C18H17N5OS/c1-23-9-8-11-12-4-2-6-14(17(12)19-15(11)10-23)22-25-16-7-3-5-13-18(16)21-24-20-13/h2-7,19,22H,8-10H2,1H3. The van der Waals surface area contributed by atoms with Crippen LogP contribution < -0.4 is 4.72 Å². The molecule has 4 aromatic rings. The Hall–Kier alpha value is -2.51. The summed E-state index contributed by atoms with van der Waals surface area (Å²) < 4.78 is 8.31. The quantitative estimate of drug-likeness (QED) is 0.547. The number of rotatable bonds is 3. The van der Waals surface area contributed by atoms with Crippen molar-refractivity contribution in [1.29, 1.82) is 0 Å². The molecule has 0 bridgehead atoms. The van der Waals surface area contributed by atoms with Crippen LogP contribution in [0.15, 0.2) is 45.9 Å². The summed E-state index contributed by atoms with van der Waals surface area (Å²) in [5, 5.41) is 9.21. The van der Waals surface area contributed by atoms with Crippen molar-refractivity contribution in [2.24, 2.45) is 0 Å². The number of aromatic nitrogens is 3. The van der Waals surface area contributed by atoms with Crippen molar-refractivity contribution in [3.63, 3.8) is 0 Å². The van der Waals surface area contributed by atoms with Gasteiger partial charge in [-0.3, -0.25) is 0 Å². The number of para-hydroxylation sites is 1. The van der Waals surface area contributed by atoms with Crippen molar-refractivity contribution in [3.8, 4) is 0 Å². The molecular formula is C18H17N5OS. The summed E-state index contributed by atoms with van der Waals surface area (Å²) in [4.78, 5) is 6.96. The molecule has 0 spiro atoms. The summed E-state index contributed by atoms with van der Waals surface area (Å²) in [6.45, 7) is 2.08. The third-order valence-corrected chi connectivity index (χ3v) is 5.59. The number of anilines is 1. The maximum atomic E-state index is 4.84. The van der Waals surface area contributed by atoms with E-state index in [4.69, 9.17) is 4.63 Å². The molecule has 0 atom stereocenters. The molecule has 1 aliphatic heterocycles. The number of nitrogens with zero attached hydrogens (tertiary/aromatic N) is 3. The van der Waals surface area contributed by atoms with E-state index in [1.54, 1.807) is 0 Å². The first kappa shape index (κ1) is 14.8. The third kappa shape index (κ3) is 2.47. The molecule has 0 saturated carbocycles. The van der Waals surface area contributed by atoms with E-state index in [9.17, 15) is 0 Å². The molecule has 25 heavy (non-hydrogen) atoms. The first-order valence-electron chi connectivity index (χ1n) is 8.25. The average Bonchev–Trinajstić information content (AvgIpc) is 3.24. The van der Waals surface area contributed by atoms with E-state index in [0.29, 0.717) is 0 Å². The molecule has 6 nitrogen and oxygen atoms in total. The van der Waals surface area contributed by atoms with E-state index in [1.165, 1.54) is 34.1 Å². The van der Waals surface area contributed by atoms with Crippen LogP contribution in [0.25, 0.3) is 21.9 Å². The van der Waals surface area contributed by atoms with Crippen LogP contribution in [0, 0.1) is 0 Å². The lowest BCUT2D eigenvalue weighted by Crippen LogP contribution is -2.26. The van der Waals surface area contributed by atoms with Gasteiger partial charge < -0.3 is 14.6 Å². The number of benzene rings is 2. The lowest BCUT2D eigenvalue weighted by atomic mass is 10.0. The minimum Gasteiger partial charge on any atom is -0.355 e. The summed E-state index contributed by atoms with van der Waals surface area (Å²) in [5.41, 5.74) is 6.56. The summed E-state index contributed by atoms with van der Waals surface area (Å²) >= 11 is 1.53. The molecule has 0 aliphatic carbocycles. The maximum Gasteiger partial charge on any atom is 0.150 e. The Morgan fingerprint density at radius 3 is 3.08 bits per heavy atom. The topological polar surface area (TPSA) is 70.0 Å². The molecule has 2 aromatic carbocycles. The molecule has 126 valence electrons. The van der Waals surface area contributed by atoms with Gasteiger partial charge in [-0.1, -0.05) is 18.2 Å². The lowest BCUT2D eigenvalue weighted by molar-refractivity contribution is 0.310. The number of nitrogens with one attached hydrogen (secondary N) is 2. The van der Waals surface area contributed by atoms with Crippen molar-refractivity contribution in [2.75, 3.05) is 18.3 Å². The van der Waals surface area contributed by atoms with Crippen LogP contribution in [0.1, 0.15) is 11.3 Å². The van der Waals surface area contributed by atoms with E-state index < -0.39 is 0 Å². The predicted octanol–water partition coefficient (Wildman–Crippen LogP) is 3.81. The van der Waals surface area contributed by atoms with Gasteiger partial charge in [0.2, 0.25) is 0 Å². The van der Waals surface area contributed by atoms with Gasteiger partial charge >= 0.3 is 0 Å². The largest absolute Gasteiger partial charge is 0.355 e. The fourth-order valence-electron chi connectivity index (χ4n) is 3.46. The monoisotopic (exact) mass is 351 g/mol. The fourth-order valence-corrected chi connectivity index (χ4v) is 4.23. The second-order valence-electron chi connectivity index (χ2n) is 6.39. The molecule has 0 amide bonds. The first-order chi connectivity index (χ1) is 12.3. The van der Waals surface area contributed by atoms with Gasteiger partial charge in [0.1, 0.15) is 5.52 Å². The zero-order valence-corrected chi connectivity index (χ0v) is 14.6. The zero-order chi connectivity index (χ0) is 16.8. The highest BCUT2D eigenvalue weighted by molar-refractivity contribution is 8.00. The third-order valence-electron chi connectivity index (χ3n) is 4.72. The molecule has 2 N–H and O–H groups in total. The Bertz CT molecular complexity index is 1070. The summed E-state index contributed by atoms with van der Waals surface area (Å²) in [7, 11) is 2.16. The second-order valence-corrected chi connectivity index (χ2v) is 7.24. The van der Waals surface area contributed by atoms with Crippen LogP contribution >= 0.6 is 11.9 Å². The van der Waals surface area contributed by atoms with Gasteiger partial charge in [0.05, 0.1) is 16.1 Å². The van der Waals surface area contributed by atoms with Crippen LogP contribution in [-0.2, 0) is 13.0 Å². The Kier molecular flexibility index (Phi) is 3.43. The van der Waals surface area contributed by atoms with Crippen LogP contribution in [0.4, 0.5) is 5.69 Å². The number of aromatic amines is 1. The molecule has 3 heterocycles. The van der Waals surface area contributed by atoms with E-state index in [-0.39, 0.29) is 0 Å². The van der Waals surface area contributed by atoms with Gasteiger partial charge in [-0.15, -0.1) is 0 Å². The lowest BCUT2D eigenvalue weighted by Gasteiger charge is -2.22. The minimum absolute atomic E-state index is 0.767. The van der Waals surface area contributed by atoms with Crippen LogP contribution in [0.3, 0.4) is 0 Å². The molecule has 7 heteroatoms. The van der Waals surface area contributed by atoms with Crippen molar-refractivity contribution < 1.29 is 4.63 Å². The maximum absolute atomic E-state index is 4.84. The van der Waals surface area contributed by atoms with E-state index in [1.807, 2.05) is 18.2 Å². The van der Waals surface area contributed by atoms with Crippen molar-refractivity contribution >= 4 is 39.6 Å². The van der Waals surface area contributed by atoms with E-state index in [0.717, 1.165) is 41.1 Å². The Morgan fingerprint density at radius 1 is 1.20 bits per heavy atom. The highest BCUT2D eigenvalue weighted by Gasteiger charge is 2.19. The van der Waals surface area contributed by atoms with Crippen LogP contribution in [0.2, 0.25) is 0 Å². The molecular weight excluding hydrogens is 334 g/mol. The van der Waals surface area contributed by atoms with Crippen LogP contribution in [-0.4, -0.2) is 33.8 Å². The molecule has 5 rings (SSSR count). The number of fused-ring (bicyclic) bond motifs is 4. The summed E-state index contributed by atoms with van der Waals surface area (Å²) in [6.07, 6.45) is 1.09. The normalized spacial score (nSPS) is 14.9. The molecule has 2 aromatic heterocycles. The summed E-state index contributed by atoms with van der Waals surface area (Å²) in [6, 6.07) is 12.3. The fraction of sp³-hybridized carbons (Fsp3) is 0.222. The smallest absolute Gasteiger partial charge is 0.150 e. The van der Waals surface area contributed by atoms with Crippen molar-refractivity contribution in [2.45, 2.75) is 17.9 Å². The van der Waals surface area contributed by atoms with Gasteiger partial charge in [0.25, 0.3) is 0 Å². The Labute approximate surface area is 148 Å². The predicted molar refractivity (Wildman–Crippen MR) is 99.6 cm³/mol. The van der Waals surface area contributed by atoms with Gasteiger partial charge in [0.15, 0.2) is 5.52 Å². The molecule has 0 unspecified atom stereocenters. The highest BCUT2D eigenvalue weighted by atomic mass is 32.2. The second kappa shape index (κ2) is 5.79. The molecule has 0 fully saturated rings. The van der Waals surface area contributed by atoms with Crippen LogP contribution in [0.5, 0.6) is 0 Å². The van der Waals surface area contributed by atoms with Crippen molar-refractivity contribution in [3.05, 3.63) is 47.7 Å². The zero-order valence-electron chi connectivity index (χ0n) is 13.7. The summed E-state index contributed by atoms with van der Waals surface area (Å²) in [5.74, 6) is 0. The van der Waals surface area contributed by atoms with Gasteiger partial charge in [-0.2, -0.15) is 0 Å².